The second kappa shape index (κ2) is 10.0. The highest BCUT2D eigenvalue weighted by atomic mass is 35.5. The molecule has 10 nitrogen and oxygen atoms in total. The Morgan fingerprint density at radius 3 is 2.25 bits per heavy atom. The molecule has 44 heavy (non-hydrogen) atoms. The van der Waals surface area contributed by atoms with Crippen LogP contribution in [-0.2, 0) is 15.0 Å². The fourth-order valence-electron chi connectivity index (χ4n) is 7.02. The Morgan fingerprint density at radius 1 is 0.955 bits per heavy atom. The monoisotopic (exact) mass is 626 g/mol. The normalized spacial score (nSPS) is 23.0. The predicted octanol–water partition coefficient (Wildman–Crippen LogP) is 5.57. The van der Waals surface area contributed by atoms with Crippen LogP contribution in [0.25, 0.3) is 0 Å². The first kappa shape index (κ1) is 27.8. The van der Waals surface area contributed by atoms with E-state index in [0.717, 1.165) is 45.4 Å². The van der Waals surface area contributed by atoms with Gasteiger partial charge < -0.3 is 5.11 Å². The lowest BCUT2D eigenvalue weighted by Gasteiger charge is -2.52. The van der Waals surface area contributed by atoms with Gasteiger partial charge in [-0.1, -0.05) is 71.7 Å². The number of imide groups is 1. The molecule has 0 saturated carbocycles. The minimum absolute atomic E-state index is 0.145. The molecule has 218 valence electrons. The van der Waals surface area contributed by atoms with Crippen LogP contribution in [0.2, 0.25) is 10.0 Å². The number of hydrogen-bond donors (Lipinski definition) is 2. The summed E-state index contributed by atoms with van der Waals surface area (Å²) in [5, 5.41) is 26.2. The average Bonchev–Trinajstić information content (AvgIpc) is 3.28. The zero-order chi connectivity index (χ0) is 30.9. The van der Waals surface area contributed by atoms with Crippen LogP contribution in [0.4, 0.5) is 11.4 Å². The van der Waals surface area contributed by atoms with Crippen LogP contribution in [0.1, 0.15) is 38.5 Å². The van der Waals surface area contributed by atoms with Gasteiger partial charge in [-0.25, -0.2) is 10.3 Å². The van der Waals surface area contributed by atoms with E-state index in [9.17, 15) is 29.6 Å². The van der Waals surface area contributed by atoms with Gasteiger partial charge in [0.15, 0.2) is 0 Å². The number of amides is 3. The van der Waals surface area contributed by atoms with E-state index in [4.69, 9.17) is 23.2 Å². The molecule has 1 saturated heterocycles. The third kappa shape index (κ3) is 3.81. The number of anilines is 1. The molecule has 8 rings (SSSR count). The van der Waals surface area contributed by atoms with Gasteiger partial charge in [-0.15, -0.1) is 0 Å². The van der Waals surface area contributed by atoms with Crippen molar-refractivity contribution in [3.05, 3.63) is 133 Å². The number of nitrogens with one attached hydrogen (secondary N) is 1. The van der Waals surface area contributed by atoms with Gasteiger partial charge in [-0.2, -0.15) is 5.10 Å². The fourth-order valence-corrected chi connectivity index (χ4v) is 7.52. The molecule has 2 N–H and O–H groups in total. The van der Waals surface area contributed by atoms with Crippen molar-refractivity contribution in [2.75, 3.05) is 4.90 Å². The molecule has 1 heterocycles. The number of halogens is 2. The van der Waals surface area contributed by atoms with Crippen LogP contribution < -0.4 is 10.3 Å². The topological polar surface area (TPSA) is 142 Å². The summed E-state index contributed by atoms with van der Waals surface area (Å²) >= 11 is 12.6. The Morgan fingerprint density at radius 2 is 1.61 bits per heavy atom. The van der Waals surface area contributed by atoms with E-state index in [1.54, 1.807) is 6.07 Å². The molecule has 4 aromatic rings. The van der Waals surface area contributed by atoms with Crippen molar-refractivity contribution in [1.82, 2.24) is 5.43 Å². The molecule has 4 aromatic carbocycles. The highest BCUT2D eigenvalue weighted by Crippen LogP contribution is 2.63. The van der Waals surface area contributed by atoms with Crippen LogP contribution in [0, 0.1) is 22.0 Å². The van der Waals surface area contributed by atoms with E-state index in [1.165, 1.54) is 18.3 Å². The summed E-state index contributed by atoms with van der Waals surface area (Å²) in [6.07, 6.45) is 1.45. The number of rotatable bonds is 5. The van der Waals surface area contributed by atoms with Gasteiger partial charge in [-0.3, -0.25) is 24.5 Å². The Labute approximate surface area is 259 Å². The number of nitro groups is 1. The summed E-state index contributed by atoms with van der Waals surface area (Å²) < 4.78 is 0. The summed E-state index contributed by atoms with van der Waals surface area (Å²) in [4.78, 5) is 53.4. The van der Waals surface area contributed by atoms with E-state index >= 15 is 0 Å². The fraction of sp³-hybridized carbons (Fsp3) is 0.125. The number of carbonyl (C=O) groups excluding carboxylic acids is 3. The van der Waals surface area contributed by atoms with Crippen LogP contribution in [0.3, 0.4) is 0 Å². The third-order valence-electron chi connectivity index (χ3n) is 8.70. The average molecular weight is 627 g/mol. The zero-order valence-corrected chi connectivity index (χ0v) is 24.0. The van der Waals surface area contributed by atoms with E-state index in [0.29, 0.717) is 5.02 Å². The summed E-state index contributed by atoms with van der Waals surface area (Å²) in [7, 11) is 0. The molecule has 0 radical (unpaired) electrons. The lowest BCUT2D eigenvalue weighted by atomic mass is 9.47. The molecule has 12 heteroatoms. The molecular formula is C32H20Cl2N4O6. The third-order valence-corrected chi connectivity index (χ3v) is 9.24. The number of benzene rings is 4. The molecule has 4 aliphatic rings. The van der Waals surface area contributed by atoms with Crippen molar-refractivity contribution in [3.63, 3.8) is 0 Å². The van der Waals surface area contributed by atoms with Gasteiger partial charge in [0.1, 0.15) is 5.75 Å². The summed E-state index contributed by atoms with van der Waals surface area (Å²) in [6, 6.07) is 22.6. The molecule has 1 aliphatic heterocycles. The smallest absolute Gasteiger partial charge is 0.275 e. The maximum Gasteiger partial charge on any atom is 0.275 e. The molecule has 2 bridgehead atoms. The van der Waals surface area contributed by atoms with Gasteiger partial charge in [0.05, 0.1) is 38.4 Å². The minimum Gasteiger partial charge on any atom is -0.507 e. The molecule has 0 spiro atoms. The number of hydrazone groups is 1. The van der Waals surface area contributed by atoms with Gasteiger partial charge in [0, 0.05) is 29.3 Å². The Balaban J connectivity index is 1.38. The molecule has 0 aromatic heterocycles. The highest BCUT2D eigenvalue weighted by molar-refractivity contribution is 6.38. The van der Waals surface area contributed by atoms with E-state index in [1.807, 2.05) is 48.5 Å². The molecule has 3 amide bonds. The maximum atomic E-state index is 14.4. The van der Waals surface area contributed by atoms with E-state index in [-0.39, 0.29) is 22.0 Å². The molecule has 2 atom stereocenters. The number of carbonyl (C=O) groups is 3. The summed E-state index contributed by atoms with van der Waals surface area (Å²) in [5.41, 5.74) is 3.77. The van der Waals surface area contributed by atoms with E-state index < -0.39 is 51.6 Å². The number of nitrogens with zero attached hydrogens (tertiary/aromatic N) is 3. The van der Waals surface area contributed by atoms with Crippen molar-refractivity contribution in [3.8, 4) is 5.75 Å². The van der Waals surface area contributed by atoms with Crippen molar-refractivity contribution in [2.24, 2.45) is 16.9 Å². The largest absolute Gasteiger partial charge is 0.507 e. The first-order valence-electron chi connectivity index (χ1n) is 13.5. The number of nitro benzene ring substituents is 1. The van der Waals surface area contributed by atoms with Gasteiger partial charge in [-0.05, 0) is 46.5 Å². The van der Waals surface area contributed by atoms with Crippen LogP contribution in [0.5, 0.6) is 5.75 Å². The highest BCUT2D eigenvalue weighted by Gasteiger charge is 2.68. The minimum atomic E-state index is -1.29. The number of aromatic hydroxyl groups is 1. The van der Waals surface area contributed by atoms with Gasteiger partial charge in [0.25, 0.3) is 11.6 Å². The molecule has 0 unspecified atom stereocenters. The van der Waals surface area contributed by atoms with Crippen molar-refractivity contribution in [2.45, 2.75) is 11.3 Å². The summed E-state index contributed by atoms with van der Waals surface area (Å²) in [6.45, 7) is 0. The number of non-ortho nitro benzene ring substituents is 1. The second-order valence-corrected chi connectivity index (χ2v) is 11.6. The van der Waals surface area contributed by atoms with E-state index in [2.05, 4.69) is 10.5 Å². The first-order chi connectivity index (χ1) is 21.1. The zero-order valence-electron chi connectivity index (χ0n) is 22.5. The predicted molar refractivity (Wildman–Crippen MR) is 162 cm³/mol. The van der Waals surface area contributed by atoms with Crippen molar-refractivity contribution < 1.29 is 24.4 Å². The van der Waals surface area contributed by atoms with Crippen LogP contribution in [-0.4, -0.2) is 34.0 Å². The van der Waals surface area contributed by atoms with Crippen LogP contribution >= 0.6 is 23.2 Å². The molecule has 1 fully saturated rings. The van der Waals surface area contributed by atoms with Gasteiger partial charge in [0.2, 0.25) is 11.8 Å². The first-order valence-corrected chi connectivity index (χ1v) is 14.2. The Kier molecular flexibility index (Phi) is 6.31. The number of phenolic OH excluding ortho intramolecular Hbond substituents is 1. The Hall–Kier alpha value is -5.06. The van der Waals surface area contributed by atoms with Crippen molar-refractivity contribution in [1.29, 1.82) is 0 Å². The molecular weight excluding hydrogens is 607 g/mol. The standard InChI is InChI=1S/C32H20Cl2N4O6/c33-16-9-11-24(23(34)13-16)37-30(41)27-26-18-5-1-3-7-21(18)32(28(27)31(37)42,22-8-4-2-6-19(22)26)15-35-36-29(40)20-14-17(38(43)44)10-12-25(20)39/h1-15,26-28,39H,(H,36,40)/b35-15-/t26?,27-,28+,32?/m1/s1. The maximum absolute atomic E-state index is 14.4. The summed E-state index contributed by atoms with van der Waals surface area (Å²) in [5.74, 6) is -4.43. The Bertz CT molecular complexity index is 1930. The number of phenols is 1. The number of hydrogen-bond acceptors (Lipinski definition) is 7. The van der Waals surface area contributed by atoms with Gasteiger partial charge >= 0.3 is 0 Å². The second-order valence-electron chi connectivity index (χ2n) is 10.8. The quantitative estimate of drug-likeness (QED) is 0.128. The lowest BCUT2D eigenvalue weighted by Crippen LogP contribution is -2.54. The lowest BCUT2D eigenvalue weighted by molar-refractivity contribution is -0.384. The SMILES string of the molecule is O=C(N/N=C\C12c3ccccc3C(c3ccccc31)[C@H]1C(=O)N(c3ccc(Cl)cc3Cl)C(=O)[C@H]12)c1cc([N+](=O)[O-])ccc1O. The van der Waals surface area contributed by atoms with Crippen molar-refractivity contribution >= 4 is 58.5 Å². The molecule has 3 aliphatic carbocycles. The van der Waals surface area contributed by atoms with Crippen LogP contribution in [0.15, 0.2) is 90.0 Å².